The van der Waals surface area contributed by atoms with Crippen LogP contribution in [0.15, 0.2) is 18.2 Å². The van der Waals surface area contributed by atoms with E-state index < -0.39 is 0 Å². The third-order valence-electron chi connectivity index (χ3n) is 3.99. The summed E-state index contributed by atoms with van der Waals surface area (Å²) in [5.41, 5.74) is 0.972. The standard InChI is InChI=1S/C16H25ClN2O/c1-12(2)6-7-15(19-10-8-18-9-11-19)13-4-3-5-14(17)16(13)20/h3-5,12,15,18,20H,6-11H2,1-2H3/t15-/m1/s1. The fourth-order valence-corrected chi connectivity index (χ4v) is 3.00. The van der Waals surface area contributed by atoms with Gasteiger partial charge in [-0.2, -0.15) is 0 Å². The van der Waals surface area contributed by atoms with Gasteiger partial charge in [0, 0.05) is 37.8 Å². The summed E-state index contributed by atoms with van der Waals surface area (Å²) in [4.78, 5) is 2.46. The number of piperazine rings is 1. The molecule has 1 fully saturated rings. The lowest BCUT2D eigenvalue weighted by Gasteiger charge is -2.36. The van der Waals surface area contributed by atoms with E-state index in [2.05, 4.69) is 24.1 Å². The van der Waals surface area contributed by atoms with Crippen molar-refractivity contribution in [1.82, 2.24) is 10.2 Å². The SMILES string of the molecule is CC(C)CC[C@H](c1cccc(Cl)c1O)N1CCNCC1. The number of phenolic OH excluding ortho intramolecular Hbond substituents is 1. The Bertz CT molecular complexity index is 430. The molecule has 1 aliphatic heterocycles. The van der Waals surface area contributed by atoms with Crippen molar-refractivity contribution in [2.45, 2.75) is 32.7 Å². The molecule has 0 radical (unpaired) electrons. The zero-order valence-corrected chi connectivity index (χ0v) is 13.2. The molecule has 1 heterocycles. The van der Waals surface area contributed by atoms with E-state index in [9.17, 15) is 5.11 Å². The first-order chi connectivity index (χ1) is 9.59. The average molecular weight is 297 g/mol. The van der Waals surface area contributed by atoms with Crippen LogP contribution in [0.5, 0.6) is 5.75 Å². The lowest BCUT2D eigenvalue weighted by Crippen LogP contribution is -2.45. The molecule has 4 heteroatoms. The largest absolute Gasteiger partial charge is 0.506 e. The van der Waals surface area contributed by atoms with Gasteiger partial charge in [-0.05, 0) is 24.8 Å². The Morgan fingerprint density at radius 1 is 1.25 bits per heavy atom. The van der Waals surface area contributed by atoms with Gasteiger partial charge in [-0.3, -0.25) is 4.90 Å². The lowest BCUT2D eigenvalue weighted by molar-refractivity contribution is 0.157. The van der Waals surface area contributed by atoms with Gasteiger partial charge >= 0.3 is 0 Å². The minimum Gasteiger partial charge on any atom is -0.506 e. The second-order valence-electron chi connectivity index (χ2n) is 5.95. The highest BCUT2D eigenvalue weighted by Crippen LogP contribution is 2.37. The zero-order chi connectivity index (χ0) is 14.5. The zero-order valence-electron chi connectivity index (χ0n) is 12.4. The normalized spacial score (nSPS) is 18.4. The Morgan fingerprint density at radius 2 is 1.95 bits per heavy atom. The molecule has 1 atom stereocenters. The van der Waals surface area contributed by atoms with E-state index in [1.54, 1.807) is 6.07 Å². The number of nitrogens with zero attached hydrogens (tertiary/aromatic N) is 1. The number of rotatable bonds is 5. The number of para-hydroxylation sites is 1. The monoisotopic (exact) mass is 296 g/mol. The third-order valence-corrected chi connectivity index (χ3v) is 4.29. The van der Waals surface area contributed by atoms with E-state index in [0.717, 1.165) is 44.6 Å². The van der Waals surface area contributed by atoms with Gasteiger partial charge in [-0.1, -0.05) is 37.6 Å². The third kappa shape index (κ3) is 3.87. The Kier molecular flexibility index (Phi) is 5.70. The van der Waals surface area contributed by atoms with Crippen LogP contribution in [-0.4, -0.2) is 36.2 Å². The Balaban J connectivity index is 2.22. The molecule has 1 saturated heterocycles. The van der Waals surface area contributed by atoms with Crippen LogP contribution in [0.4, 0.5) is 0 Å². The Hall–Kier alpha value is -0.770. The highest BCUT2D eigenvalue weighted by Gasteiger charge is 2.25. The minimum absolute atomic E-state index is 0.251. The van der Waals surface area contributed by atoms with Gasteiger partial charge < -0.3 is 10.4 Å². The maximum Gasteiger partial charge on any atom is 0.138 e. The first-order valence-corrected chi connectivity index (χ1v) is 7.89. The first kappa shape index (κ1) is 15.6. The van der Waals surface area contributed by atoms with Crippen LogP contribution >= 0.6 is 11.6 Å². The van der Waals surface area contributed by atoms with Crippen LogP contribution in [0.3, 0.4) is 0 Å². The summed E-state index contributed by atoms with van der Waals surface area (Å²) >= 11 is 6.08. The predicted octanol–water partition coefficient (Wildman–Crippen LogP) is 3.43. The van der Waals surface area contributed by atoms with Crippen molar-refractivity contribution < 1.29 is 5.11 Å². The Morgan fingerprint density at radius 3 is 2.60 bits per heavy atom. The van der Waals surface area contributed by atoms with Crippen LogP contribution in [-0.2, 0) is 0 Å². The molecule has 0 aromatic heterocycles. The summed E-state index contributed by atoms with van der Waals surface area (Å²) < 4.78 is 0. The van der Waals surface area contributed by atoms with Crippen molar-refractivity contribution in [3.8, 4) is 5.75 Å². The van der Waals surface area contributed by atoms with Crippen molar-refractivity contribution in [2.24, 2.45) is 5.92 Å². The predicted molar refractivity (Wildman–Crippen MR) is 84.4 cm³/mol. The van der Waals surface area contributed by atoms with E-state index >= 15 is 0 Å². The summed E-state index contributed by atoms with van der Waals surface area (Å²) in [5, 5.41) is 14.1. The van der Waals surface area contributed by atoms with Crippen LogP contribution < -0.4 is 5.32 Å². The fraction of sp³-hybridized carbons (Fsp3) is 0.625. The molecule has 0 amide bonds. The molecule has 0 unspecified atom stereocenters. The summed E-state index contributed by atoms with van der Waals surface area (Å²) in [7, 11) is 0. The molecule has 1 aromatic rings. The van der Waals surface area contributed by atoms with Crippen LogP contribution in [0.2, 0.25) is 5.02 Å². The van der Waals surface area contributed by atoms with Crippen LogP contribution in [0, 0.1) is 5.92 Å². The van der Waals surface area contributed by atoms with Crippen molar-refractivity contribution in [1.29, 1.82) is 0 Å². The molecule has 0 aliphatic carbocycles. The van der Waals surface area contributed by atoms with Crippen molar-refractivity contribution >= 4 is 11.6 Å². The molecule has 112 valence electrons. The number of halogens is 1. The summed E-state index contributed by atoms with van der Waals surface area (Å²) in [6.07, 6.45) is 2.21. The molecule has 3 nitrogen and oxygen atoms in total. The summed E-state index contributed by atoms with van der Waals surface area (Å²) in [6, 6.07) is 5.95. The first-order valence-electron chi connectivity index (χ1n) is 7.51. The van der Waals surface area contributed by atoms with Gasteiger partial charge in [0.15, 0.2) is 0 Å². The van der Waals surface area contributed by atoms with Gasteiger partial charge in [0.2, 0.25) is 0 Å². The smallest absolute Gasteiger partial charge is 0.138 e. The lowest BCUT2D eigenvalue weighted by atomic mass is 9.95. The second kappa shape index (κ2) is 7.30. The van der Waals surface area contributed by atoms with E-state index in [4.69, 9.17) is 11.6 Å². The highest BCUT2D eigenvalue weighted by molar-refractivity contribution is 6.32. The van der Waals surface area contributed by atoms with Crippen LogP contribution in [0.25, 0.3) is 0 Å². The molecule has 20 heavy (non-hydrogen) atoms. The molecule has 0 bridgehead atoms. The van der Waals surface area contributed by atoms with Crippen molar-refractivity contribution in [3.63, 3.8) is 0 Å². The molecule has 0 saturated carbocycles. The van der Waals surface area contributed by atoms with Crippen molar-refractivity contribution in [2.75, 3.05) is 26.2 Å². The molecule has 2 N–H and O–H groups in total. The van der Waals surface area contributed by atoms with E-state index in [1.165, 1.54) is 0 Å². The second-order valence-corrected chi connectivity index (χ2v) is 6.36. The maximum absolute atomic E-state index is 10.3. The van der Waals surface area contributed by atoms with Crippen molar-refractivity contribution in [3.05, 3.63) is 28.8 Å². The number of hydrogen-bond donors (Lipinski definition) is 2. The topological polar surface area (TPSA) is 35.5 Å². The van der Waals surface area contributed by atoms with Gasteiger partial charge in [0.05, 0.1) is 5.02 Å². The molecule has 1 aromatic carbocycles. The minimum atomic E-state index is 0.251. The molecule has 1 aliphatic rings. The van der Waals surface area contributed by atoms with Gasteiger partial charge in [-0.25, -0.2) is 0 Å². The quantitative estimate of drug-likeness (QED) is 0.874. The van der Waals surface area contributed by atoms with E-state index in [0.29, 0.717) is 10.9 Å². The van der Waals surface area contributed by atoms with Gasteiger partial charge in [0.1, 0.15) is 5.75 Å². The molecular weight excluding hydrogens is 272 g/mol. The van der Waals surface area contributed by atoms with Gasteiger partial charge in [-0.15, -0.1) is 0 Å². The highest BCUT2D eigenvalue weighted by atomic mass is 35.5. The molecular formula is C16H25ClN2O. The number of nitrogens with one attached hydrogen (secondary N) is 1. The molecule has 2 rings (SSSR count). The Labute approximate surface area is 126 Å². The van der Waals surface area contributed by atoms with E-state index in [-0.39, 0.29) is 11.8 Å². The van der Waals surface area contributed by atoms with Gasteiger partial charge in [0.25, 0.3) is 0 Å². The number of hydrogen-bond acceptors (Lipinski definition) is 3. The summed E-state index contributed by atoms with van der Waals surface area (Å²) in [6.45, 7) is 8.56. The van der Waals surface area contributed by atoms with E-state index in [1.807, 2.05) is 12.1 Å². The van der Waals surface area contributed by atoms with Crippen LogP contribution in [0.1, 0.15) is 38.3 Å². The fourth-order valence-electron chi connectivity index (χ4n) is 2.82. The number of phenols is 1. The number of benzene rings is 1. The molecule has 0 spiro atoms. The maximum atomic E-state index is 10.3. The number of aromatic hydroxyl groups is 1. The average Bonchev–Trinajstić information content (AvgIpc) is 2.44. The summed E-state index contributed by atoms with van der Waals surface area (Å²) in [5.74, 6) is 0.920.